The molecule has 0 saturated heterocycles. The summed E-state index contributed by atoms with van der Waals surface area (Å²) in [4.78, 5) is 15.5. The van der Waals surface area contributed by atoms with E-state index in [9.17, 15) is 4.79 Å². The molecule has 0 amide bonds. The van der Waals surface area contributed by atoms with Crippen molar-refractivity contribution in [3.63, 3.8) is 0 Å². The SMILES string of the molecule is CCC(=O)CSc1cc(C)cc(C)n1. The lowest BCUT2D eigenvalue weighted by molar-refractivity contribution is -0.116. The van der Waals surface area contributed by atoms with Gasteiger partial charge in [-0.1, -0.05) is 18.7 Å². The third-order valence-electron chi connectivity index (χ3n) is 1.85. The van der Waals surface area contributed by atoms with Gasteiger partial charge in [0.15, 0.2) is 0 Å². The number of aromatic nitrogens is 1. The normalized spacial score (nSPS) is 10.2. The van der Waals surface area contributed by atoms with Gasteiger partial charge in [-0.05, 0) is 31.5 Å². The first-order valence-corrected chi connectivity index (χ1v) is 5.70. The highest BCUT2D eigenvalue weighted by Gasteiger charge is 2.02. The van der Waals surface area contributed by atoms with Gasteiger partial charge in [-0.2, -0.15) is 0 Å². The van der Waals surface area contributed by atoms with E-state index in [2.05, 4.69) is 4.98 Å². The van der Waals surface area contributed by atoms with Crippen LogP contribution in [0.3, 0.4) is 0 Å². The second-order valence-electron chi connectivity index (χ2n) is 3.31. The van der Waals surface area contributed by atoms with E-state index in [4.69, 9.17) is 0 Å². The molecule has 1 aromatic rings. The smallest absolute Gasteiger partial charge is 0.142 e. The molecule has 0 spiro atoms. The highest BCUT2D eigenvalue weighted by atomic mass is 32.2. The van der Waals surface area contributed by atoms with Gasteiger partial charge in [0.1, 0.15) is 5.78 Å². The maximum Gasteiger partial charge on any atom is 0.142 e. The first-order chi connectivity index (χ1) is 6.61. The lowest BCUT2D eigenvalue weighted by Gasteiger charge is -2.02. The third-order valence-corrected chi connectivity index (χ3v) is 2.82. The van der Waals surface area contributed by atoms with Crippen LogP contribution in [0.5, 0.6) is 0 Å². The predicted molar refractivity (Wildman–Crippen MR) is 59.7 cm³/mol. The molecule has 76 valence electrons. The number of hydrogen-bond acceptors (Lipinski definition) is 3. The van der Waals surface area contributed by atoms with Crippen molar-refractivity contribution in [2.24, 2.45) is 0 Å². The minimum absolute atomic E-state index is 0.274. The molecular weight excluding hydrogens is 194 g/mol. The number of Topliss-reactive ketones (excluding diaryl/α,β-unsaturated/α-hetero) is 1. The van der Waals surface area contributed by atoms with Crippen LogP contribution in [-0.2, 0) is 4.79 Å². The molecule has 0 aliphatic heterocycles. The Kier molecular flexibility index (Phi) is 4.14. The molecule has 1 aromatic heterocycles. The van der Waals surface area contributed by atoms with E-state index in [1.807, 2.05) is 32.9 Å². The number of pyridine rings is 1. The number of hydrogen-bond donors (Lipinski definition) is 0. The Morgan fingerprint density at radius 2 is 2.14 bits per heavy atom. The van der Waals surface area contributed by atoms with Crippen LogP contribution in [0.2, 0.25) is 0 Å². The number of carbonyl (C=O) groups excluding carboxylic acids is 1. The summed E-state index contributed by atoms with van der Waals surface area (Å²) in [6.45, 7) is 5.90. The molecule has 0 unspecified atom stereocenters. The number of aryl methyl sites for hydroxylation is 2. The molecule has 0 fully saturated rings. The van der Waals surface area contributed by atoms with Gasteiger partial charge < -0.3 is 0 Å². The van der Waals surface area contributed by atoms with E-state index < -0.39 is 0 Å². The number of carbonyl (C=O) groups is 1. The number of nitrogens with zero attached hydrogens (tertiary/aromatic N) is 1. The van der Waals surface area contributed by atoms with Crippen molar-refractivity contribution in [3.05, 3.63) is 23.4 Å². The zero-order valence-electron chi connectivity index (χ0n) is 8.83. The van der Waals surface area contributed by atoms with Crippen LogP contribution >= 0.6 is 11.8 Å². The Hall–Kier alpha value is -0.830. The zero-order chi connectivity index (χ0) is 10.6. The highest BCUT2D eigenvalue weighted by Crippen LogP contribution is 2.17. The summed E-state index contributed by atoms with van der Waals surface area (Å²) in [5, 5.41) is 0.948. The Balaban J connectivity index is 2.63. The number of thioether (sulfide) groups is 1. The van der Waals surface area contributed by atoms with E-state index in [1.54, 1.807) is 0 Å². The lowest BCUT2D eigenvalue weighted by atomic mass is 10.3. The fourth-order valence-electron chi connectivity index (χ4n) is 1.13. The van der Waals surface area contributed by atoms with Crippen molar-refractivity contribution in [1.29, 1.82) is 0 Å². The molecule has 3 heteroatoms. The summed E-state index contributed by atoms with van der Waals surface area (Å²) in [5.74, 6) is 0.808. The van der Waals surface area contributed by atoms with Gasteiger partial charge in [0, 0.05) is 12.1 Å². The molecule has 0 saturated carbocycles. The average molecular weight is 209 g/mol. The molecule has 0 radical (unpaired) electrons. The molecule has 0 aromatic carbocycles. The number of rotatable bonds is 4. The van der Waals surface area contributed by atoms with Crippen LogP contribution < -0.4 is 0 Å². The second kappa shape index (κ2) is 5.15. The van der Waals surface area contributed by atoms with E-state index in [1.165, 1.54) is 17.3 Å². The van der Waals surface area contributed by atoms with Gasteiger partial charge in [0.2, 0.25) is 0 Å². The molecule has 0 N–H and O–H groups in total. The van der Waals surface area contributed by atoms with Gasteiger partial charge in [0.05, 0.1) is 10.8 Å². The van der Waals surface area contributed by atoms with E-state index in [-0.39, 0.29) is 5.78 Å². The molecule has 0 aliphatic rings. The minimum atomic E-state index is 0.274. The third kappa shape index (κ3) is 3.50. The minimum Gasteiger partial charge on any atom is -0.299 e. The van der Waals surface area contributed by atoms with E-state index in [0.717, 1.165) is 10.7 Å². The highest BCUT2D eigenvalue weighted by molar-refractivity contribution is 7.99. The summed E-state index contributed by atoms with van der Waals surface area (Å²) >= 11 is 1.52. The van der Waals surface area contributed by atoms with Crippen LogP contribution in [0.1, 0.15) is 24.6 Å². The standard InChI is InChI=1S/C11H15NOS/c1-4-10(13)7-14-11-6-8(2)5-9(3)12-11/h5-6H,4,7H2,1-3H3. The van der Waals surface area contributed by atoms with Crippen LogP contribution in [0.4, 0.5) is 0 Å². The van der Waals surface area contributed by atoms with Crippen molar-refractivity contribution in [2.45, 2.75) is 32.2 Å². The molecular formula is C11H15NOS. The van der Waals surface area contributed by atoms with Crippen molar-refractivity contribution < 1.29 is 4.79 Å². The van der Waals surface area contributed by atoms with Crippen molar-refractivity contribution in [2.75, 3.05) is 5.75 Å². The summed E-state index contributed by atoms with van der Waals surface area (Å²) in [6, 6.07) is 4.05. The van der Waals surface area contributed by atoms with Gasteiger partial charge in [-0.25, -0.2) is 4.98 Å². The molecule has 2 nitrogen and oxygen atoms in total. The number of ketones is 1. The topological polar surface area (TPSA) is 30.0 Å². The molecule has 1 rings (SSSR count). The maximum absolute atomic E-state index is 11.1. The Morgan fingerprint density at radius 3 is 2.71 bits per heavy atom. The zero-order valence-corrected chi connectivity index (χ0v) is 9.65. The monoisotopic (exact) mass is 209 g/mol. The fraction of sp³-hybridized carbons (Fsp3) is 0.455. The first kappa shape index (κ1) is 11.2. The summed E-state index contributed by atoms with van der Waals surface area (Å²) < 4.78 is 0. The molecule has 0 aliphatic carbocycles. The summed E-state index contributed by atoms with van der Waals surface area (Å²) in [7, 11) is 0. The molecule has 0 bridgehead atoms. The predicted octanol–water partition coefficient (Wildman–Crippen LogP) is 2.77. The Morgan fingerprint density at radius 1 is 1.43 bits per heavy atom. The van der Waals surface area contributed by atoms with Crippen molar-refractivity contribution >= 4 is 17.5 Å². The second-order valence-corrected chi connectivity index (χ2v) is 4.30. The van der Waals surface area contributed by atoms with Gasteiger partial charge in [-0.3, -0.25) is 4.79 Å². The average Bonchev–Trinajstić information content (AvgIpc) is 2.12. The largest absolute Gasteiger partial charge is 0.299 e. The maximum atomic E-state index is 11.1. The van der Waals surface area contributed by atoms with E-state index in [0.29, 0.717) is 12.2 Å². The van der Waals surface area contributed by atoms with Crippen LogP contribution in [0.15, 0.2) is 17.2 Å². The van der Waals surface area contributed by atoms with E-state index >= 15 is 0 Å². The molecule has 14 heavy (non-hydrogen) atoms. The summed E-state index contributed by atoms with van der Waals surface area (Å²) in [5.41, 5.74) is 2.21. The van der Waals surface area contributed by atoms with Crippen molar-refractivity contribution in [3.8, 4) is 0 Å². The summed E-state index contributed by atoms with van der Waals surface area (Å²) in [6.07, 6.45) is 0.609. The quantitative estimate of drug-likeness (QED) is 0.714. The van der Waals surface area contributed by atoms with Crippen LogP contribution in [0, 0.1) is 13.8 Å². The van der Waals surface area contributed by atoms with Gasteiger partial charge >= 0.3 is 0 Å². The van der Waals surface area contributed by atoms with Gasteiger partial charge in [0.25, 0.3) is 0 Å². The van der Waals surface area contributed by atoms with Crippen LogP contribution in [0.25, 0.3) is 0 Å². The van der Waals surface area contributed by atoms with Crippen molar-refractivity contribution in [1.82, 2.24) is 4.98 Å². The Labute approximate surface area is 89.1 Å². The van der Waals surface area contributed by atoms with Crippen LogP contribution in [-0.4, -0.2) is 16.5 Å². The molecule has 1 heterocycles. The lowest BCUT2D eigenvalue weighted by Crippen LogP contribution is -1.99. The van der Waals surface area contributed by atoms with Gasteiger partial charge in [-0.15, -0.1) is 0 Å². The Bertz CT molecular complexity index is 316. The fourth-order valence-corrected chi connectivity index (χ4v) is 2.13. The molecule has 0 atom stereocenters. The first-order valence-electron chi connectivity index (χ1n) is 4.71.